The number of benzene rings is 1. The molecule has 3 atom stereocenters. The summed E-state index contributed by atoms with van der Waals surface area (Å²) in [7, 11) is 0. The average Bonchev–Trinajstić information content (AvgIpc) is 2.42. The normalized spacial score (nSPS) is 26.7. The lowest BCUT2D eigenvalue weighted by molar-refractivity contribution is -0.122. The minimum Gasteiger partial charge on any atom is -0.326 e. The van der Waals surface area contributed by atoms with Crippen LogP contribution in [0.15, 0.2) is 24.3 Å². The molecule has 0 radical (unpaired) electrons. The highest BCUT2D eigenvalue weighted by Crippen LogP contribution is 2.34. The van der Waals surface area contributed by atoms with Crippen LogP contribution in [0.25, 0.3) is 0 Å². The molecule has 1 aromatic rings. The first-order chi connectivity index (χ1) is 9.10. The van der Waals surface area contributed by atoms with Crippen molar-refractivity contribution >= 4 is 17.9 Å². The van der Waals surface area contributed by atoms with Crippen molar-refractivity contribution in [3.8, 4) is 0 Å². The van der Waals surface area contributed by atoms with Gasteiger partial charge in [-0.25, -0.2) is 0 Å². The zero-order valence-electron chi connectivity index (χ0n) is 11.6. The Hall–Kier alpha value is -1.64. The van der Waals surface area contributed by atoms with Crippen LogP contribution in [0, 0.1) is 17.8 Å². The Morgan fingerprint density at radius 2 is 1.89 bits per heavy atom. The molecule has 1 saturated carbocycles. The number of carbonyl (C=O) groups excluding carboxylic acids is 2. The van der Waals surface area contributed by atoms with E-state index in [4.69, 9.17) is 0 Å². The molecule has 0 saturated heterocycles. The zero-order chi connectivity index (χ0) is 13.8. The highest BCUT2D eigenvalue weighted by Gasteiger charge is 2.30. The highest BCUT2D eigenvalue weighted by molar-refractivity contribution is 5.93. The fourth-order valence-electron chi connectivity index (χ4n) is 2.78. The number of aldehydes is 1. The van der Waals surface area contributed by atoms with E-state index in [-0.39, 0.29) is 11.8 Å². The second kappa shape index (κ2) is 6.00. The Bertz CT molecular complexity index is 452. The lowest BCUT2D eigenvalue weighted by atomic mass is 9.75. The predicted octanol–water partition coefficient (Wildman–Crippen LogP) is 3.51. The molecular weight excluding hydrogens is 238 g/mol. The second-order valence-electron chi connectivity index (χ2n) is 5.73. The summed E-state index contributed by atoms with van der Waals surface area (Å²) in [6, 6.07) is 6.99. The first-order valence-corrected chi connectivity index (χ1v) is 6.96. The summed E-state index contributed by atoms with van der Waals surface area (Å²) in [4.78, 5) is 22.9. The van der Waals surface area contributed by atoms with Crippen LogP contribution in [0.1, 0.15) is 43.5 Å². The molecule has 102 valence electrons. The summed E-state index contributed by atoms with van der Waals surface area (Å²) in [5.74, 6) is 1.29. The molecule has 1 fully saturated rings. The van der Waals surface area contributed by atoms with Gasteiger partial charge in [0.05, 0.1) is 0 Å². The van der Waals surface area contributed by atoms with Crippen LogP contribution in [0.2, 0.25) is 0 Å². The first kappa shape index (κ1) is 13.8. The molecule has 3 nitrogen and oxygen atoms in total. The van der Waals surface area contributed by atoms with Gasteiger partial charge in [-0.05, 0) is 48.9 Å². The molecule has 19 heavy (non-hydrogen) atoms. The van der Waals surface area contributed by atoms with Crippen LogP contribution in [-0.4, -0.2) is 12.2 Å². The maximum Gasteiger partial charge on any atom is 0.227 e. The third-order valence-corrected chi connectivity index (χ3v) is 4.11. The monoisotopic (exact) mass is 259 g/mol. The first-order valence-electron chi connectivity index (χ1n) is 6.96. The van der Waals surface area contributed by atoms with E-state index >= 15 is 0 Å². The summed E-state index contributed by atoms with van der Waals surface area (Å²) in [5.41, 5.74) is 1.39. The Labute approximate surface area is 114 Å². The van der Waals surface area contributed by atoms with E-state index in [1.54, 1.807) is 24.3 Å². The summed E-state index contributed by atoms with van der Waals surface area (Å²) >= 11 is 0. The SMILES string of the molecule is CC1CCC(C)C(C(=O)Nc2ccc(C=O)cc2)C1. The molecule has 0 heterocycles. The maximum absolute atomic E-state index is 12.3. The van der Waals surface area contributed by atoms with Gasteiger partial charge in [0.1, 0.15) is 6.29 Å². The largest absolute Gasteiger partial charge is 0.326 e. The van der Waals surface area contributed by atoms with Gasteiger partial charge in [0.25, 0.3) is 0 Å². The topological polar surface area (TPSA) is 46.2 Å². The van der Waals surface area contributed by atoms with Crippen LogP contribution >= 0.6 is 0 Å². The Morgan fingerprint density at radius 3 is 2.53 bits per heavy atom. The molecule has 3 heteroatoms. The molecule has 3 unspecified atom stereocenters. The predicted molar refractivity (Wildman–Crippen MR) is 76.1 cm³/mol. The lowest BCUT2D eigenvalue weighted by Crippen LogP contribution is -2.32. The fraction of sp³-hybridized carbons (Fsp3) is 0.500. The van der Waals surface area contributed by atoms with E-state index in [0.29, 0.717) is 17.4 Å². The smallest absolute Gasteiger partial charge is 0.227 e. The quantitative estimate of drug-likeness (QED) is 0.844. The van der Waals surface area contributed by atoms with E-state index in [9.17, 15) is 9.59 Å². The van der Waals surface area contributed by atoms with Gasteiger partial charge in [0, 0.05) is 17.2 Å². The summed E-state index contributed by atoms with van der Waals surface area (Å²) < 4.78 is 0. The summed E-state index contributed by atoms with van der Waals surface area (Å²) in [6.07, 6.45) is 4.12. The molecule has 1 aliphatic rings. The molecule has 1 aliphatic carbocycles. The zero-order valence-corrected chi connectivity index (χ0v) is 11.6. The van der Waals surface area contributed by atoms with E-state index in [0.717, 1.165) is 24.8 Å². The minimum absolute atomic E-state index is 0.106. The van der Waals surface area contributed by atoms with Gasteiger partial charge in [0.15, 0.2) is 0 Å². The standard InChI is InChI=1S/C16H21NO2/c1-11-3-4-12(2)15(9-11)16(19)17-14-7-5-13(10-18)6-8-14/h5-8,10-12,15H,3-4,9H2,1-2H3,(H,17,19). The molecule has 1 amide bonds. The number of rotatable bonds is 3. The number of carbonyl (C=O) groups is 2. The third-order valence-electron chi connectivity index (χ3n) is 4.11. The molecule has 1 aromatic carbocycles. The number of hydrogen-bond acceptors (Lipinski definition) is 2. The second-order valence-corrected chi connectivity index (χ2v) is 5.73. The average molecular weight is 259 g/mol. The number of amides is 1. The number of nitrogens with one attached hydrogen (secondary N) is 1. The molecular formula is C16H21NO2. The Kier molecular flexibility index (Phi) is 4.35. The van der Waals surface area contributed by atoms with Gasteiger partial charge >= 0.3 is 0 Å². The van der Waals surface area contributed by atoms with Crippen LogP contribution < -0.4 is 5.32 Å². The van der Waals surface area contributed by atoms with Gasteiger partial charge in [-0.1, -0.05) is 20.3 Å². The van der Waals surface area contributed by atoms with E-state index in [1.165, 1.54) is 6.42 Å². The molecule has 1 N–H and O–H groups in total. The lowest BCUT2D eigenvalue weighted by Gasteiger charge is -2.31. The van der Waals surface area contributed by atoms with E-state index in [1.807, 2.05) is 0 Å². The van der Waals surface area contributed by atoms with Gasteiger partial charge in [-0.2, -0.15) is 0 Å². The van der Waals surface area contributed by atoms with Crippen molar-refractivity contribution in [2.45, 2.75) is 33.1 Å². The van der Waals surface area contributed by atoms with Crippen LogP contribution in [0.4, 0.5) is 5.69 Å². The van der Waals surface area contributed by atoms with Crippen molar-refractivity contribution in [1.82, 2.24) is 0 Å². The number of anilines is 1. The molecule has 0 spiro atoms. The third kappa shape index (κ3) is 3.43. The van der Waals surface area contributed by atoms with Gasteiger partial charge < -0.3 is 5.32 Å². The number of hydrogen-bond donors (Lipinski definition) is 1. The summed E-state index contributed by atoms with van der Waals surface area (Å²) in [5, 5.41) is 2.96. The van der Waals surface area contributed by atoms with Crippen molar-refractivity contribution in [2.75, 3.05) is 5.32 Å². The van der Waals surface area contributed by atoms with Gasteiger partial charge in [-0.3, -0.25) is 9.59 Å². The van der Waals surface area contributed by atoms with Crippen molar-refractivity contribution in [3.63, 3.8) is 0 Å². The van der Waals surface area contributed by atoms with Crippen molar-refractivity contribution in [2.24, 2.45) is 17.8 Å². The maximum atomic E-state index is 12.3. The Morgan fingerprint density at radius 1 is 1.21 bits per heavy atom. The van der Waals surface area contributed by atoms with Crippen molar-refractivity contribution in [1.29, 1.82) is 0 Å². The van der Waals surface area contributed by atoms with Crippen molar-refractivity contribution in [3.05, 3.63) is 29.8 Å². The highest BCUT2D eigenvalue weighted by atomic mass is 16.1. The molecule has 0 aliphatic heterocycles. The van der Waals surface area contributed by atoms with Crippen LogP contribution in [-0.2, 0) is 4.79 Å². The molecule has 0 aromatic heterocycles. The van der Waals surface area contributed by atoms with Gasteiger partial charge in [0.2, 0.25) is 5.91 Å². The van der Waals surface area contributed by atoms with Crippen molar-refractivity contribution < 1.29 is 9.59 Å². The molecule has 0 bridgehead atoms. The fourth-order valence-corrected chi connectivity index (χ4v) is 2.78. The summed E-state index contributed by atoms with van der Waals surface area (Å²) in [6.45, 7) is 4.37. The van der Waals surface area contributed by atoms with E-state index in [2.05, 4.69) is 19.2 Å². The Balaban J connectivity index is 2.00. The van der Waals surface area contributed by atoms with Gasteiger partial charge in [-0.15, -0.1) is 0 Å². The molecule has 2 rings (SSSR count). The van der Waals surface area contributed by atoms with E-state index < -0.39 is 0 Å². The van der Waals surface area contributed by atoms with Crippen LogP contribution in [0.3, 0.4) is 0 Å². The van der Waals surface area contributed by atoms with Crippen LogP contribution in [0.5, 0.6) is 0 Å². The minimum atomic E-state index is 0.106.